The molecule has 0 heterocycles. The first-order valence-electron chi connectivity index (χ1n) is 7.28. The van der Waals surface area contributed by atoms with Gasteiger partial charge in [0.1, 0.15) is 5.75 Å². The van der Waals surface area contributed by atoms with Gasteiger partial charge >= 0.3 is 0 Å². The molecule has 0 saturated heterocycles. The fourth-order valence-electron chi connectivity index (χ4n) is 2.28. The summed E-state index contributed by atoms with van der Waals surface area (Å²) in [5.41, 5.74) is 9.59. The van der Waals surface area contributed by atoms with Crippen LogP contribution in [0.2, 0.25) is 5.02 Å². The number of rotatable bonds is 4. The summed E-state index contributed by atoms with van der Waals surface area (Å²) < 4.78 is 5.95. The van der Waals surface area contributed by atoms with E-state index in [1.807, 2.05) is 61.5 Å². The minimum absolute atomic E-state index is 0.677. The topological polar surface area (TPSA) is 47.3 Å². The van der Waals surface area contributed by atoms with Crippen LogP contribution in [0.4, 0.5) is 17.1 Å². The third-order valence-electron chi connectivity index (χ3n) is 3.49. The van der Waals surface area contributed by atoms with Gasteiger partial charge in [0, 0.05) is 5.02 Å². The maximum Gasteiger partial charge on any atom is 0.150 e. The molecule has 0 aromatic heterocycles. The van der Waals surface area contributed by atoms with Gasteiger partial charge in [-0.2, -0.15) is 0 Å². The van der Waals surface area contributed by atoms with E-state index in [1.165, 1.54) is 0 Å². The smallest absolute Gasteiger partial charge is 0.150 e. The number of benzene rings is 3. The van der Waals surface area contributed by atoms with Crippen molar-refractivity contribution in [3.8, 4) is 11.5 Å². The number of ether oxygens (including phenoxy) is 1. The minimum Gasteiger partial charge on any atom is -0.455 e. The Morgan fingerprint density at radius 1 is 0.913 bits per heavy atom. The number of hydrogen-bond donors (Lipinski definition) is 2. The zero-order valence-electron chi connectivity index (χ0n) is 12.7. The Morgan fingerprint density at radius 2 is 1.65 bits per heavy atom. The van der Waals surface area contributed by atoms with E-state index in [1.54, 1.807) is 12.1 Å². The van der Waals surface area contributed by atoms with Gasteiger partial charge in [-0.05, 0) is 55.0 Å². The van der Waals surface area contributed by atoms with Gasteiger partial charge in [0.25, 0.3) is 0 Å². The second kappa shape index (κ2) is 6.63. The number of hydrogen-bond acceptors (Lipinski definition) is 3. The summed E-state index contributed by atoms with van der Waals surface area (Å²) in [5, 5.41) is 4.04. The van der Waals surface area contributed by atoms with Crippen molar-refractivity contribution in [2.24, 2.45) is 0 Å². The van der Waals surface area contributed by atoms with Gasteiger partial charge in [0.05, 0.1) is 17.1 Å². The van der Waals surface area contributed by atoms with Crippen molar-refractivity contribution in [1.29, 1.82) is 0 Å². The second-order valence-electron chi connectivity index (χ2n) is 5.22. The third kappa shape index (κ3) is 3.58. The van der Waals surface area contributed by atoms with Crippen LogP contribution in [0.5, 0.6) is 11.5 Å². The van der Waals surface area contributed by atoms with Crippen LogP contribution >= 0.6 is 11.6 Å². The van der Waals surface area contributed by atoms with Crippen LogP contribution in [0.3, 0.4) is 0 Å². The van der Waals surface area contributed by atoms with Gasteiger partial charge in [-0.15, -0.1) is 0 Å². The van der Waals surface area contributed by atoms with Crippen LogP contribution in [0.1, 0.15) is 5.56 Å². The Morgan fingerprint density at radius 3 is 2.39 bits per heavy atom. The van der Waals surface area contributed by atoms with Crippen molar-refractivity contribution in [3.05, 3.63) is 77.3 Å². The van der Waals surface area contributed by atoms with Crippen molar-refractivity contribution in [3.63, 3.8) is 0 Å². The molecular weight excluding hydrogens is 308 g/mol. The summed E-state index contributed by atoms with van der Waals surface area (Å²) in [4.78, 5) is 0. The largest absolute Gasteiger partial charge is 0.455 e. The fourth-order valence-corrected chi connectivity index (χ4v) is 2.41. The molecule has 3 nitrogen and oxygen atoms in total. The average Bonchev–Trinajstić information content (AvgIpc) is 2.55. The molecule has 3 N–H and O–H groups in total. The lowest BCUT2D eigenvalue weighted by Gasteiger charge is -2.16. The third-order valence-corrected chi connectivity index (χ3v) is 3.75. The van der Waals surface area contributed by atoms with E-state index >= 15 is 0 Å². The molecule has 3 rings (SSSR count). The summed E-state index contributed by atoms with van der Waals surface area (Å²) in [6, 6.07) is 20.8. The Hall–Kier alpha value is -2.65. The summed E-state index contributed by atoms with van der Waals surface area (Å²) in [5.74, 6) is 1.44. The fraction of sp³-hybridized carbons (Fsp3) is 0.0526. The van der Waals surface area contributed by atoms with E-state index in [-0.39, 0.29) is 0 Å². The van der Waals surface area contributed by atoms with Gasteiger partial charge < -0.3 is 15.8 Å². The predicted molar refractivity (Wildman–Crippen MR) is 96.8 cm³/mol. The summed E-state index contributed by atoms with van der Waals surface area (Å²) in [6.45, 7) is 2.02. The highest BCUT2D eigenvalue weighted by molar-refractivity contribution is 6.30. The summed E-state index contributed by atoms with van der Waals surface area (Å²) >= 11 is 5.91. The molecule has 3 aromatic carbocycles. The van der Waals surface area contributed by atoms with Crippen LogP contribution < -0.4 is 15.8 Å². The molecule has 0 aliphatic carbocycles. The molecule has 0 atom stereocenters. The monoisotopic (exact) mass is 324 g/mol. The zero-order valence-corrected chi connectivity index (χ0v) is 13.5. The van der Waals surface area contributed by atoms with E-state index in [4.69, 9.17) is 22.1 Å². The van der Waals surface area contributed by atoms with Crippen molar-refractivity contribution in [2.75, 3.05) is 11.1 Å². The maximum absolute atomic E-state index is 6.07. The molecule has 116 valence electrons. The second-order valence-corrected chi connectivity index (χ2v) is 5.65. The number of para-hydroxylation sites is 3. The number of halogens is 1. The molecule has 0 radical (unpaired) electrons. The quantitative estimate of drug-likeness (QED) is 0.599. The van der Waals surface area contributed by atoms with E-state index in [2.05, 4.69) is 5.32 Å². The first-order chi connectivity index (χ1) is 11.1. The lowest BCUT2D eigenvalue weighted by atomic mass is 10.1. The zero-order chi connectivity index (χ0) is 16.2. The van der Waals surface area contributed by atoms with E-state index in [0.29, 0.717) is 10.7 Å². The van der Waals surface area contributed by atoms with Gasteiger partial charge in [-0.3, -0.25) is 0 Å². The lowest BCUT2D eigenvalue weighted by Crippen LogP contribution is -2.00. The first kappa shape index (κ1) is 15.3. The van der Waals surface area contributed by atoms with Crippen molar-refractivity contribution in [2.45, 2.75) is 6.92 Å². The van der Waals surface area contributed by atoms with Crippen LogP contribution in [-0.4, -0.2) is 0 Å². The molecule has 0 aliphatic heterocycles. The highest BCUT2D eigenvalue weighted by atomic mass is 35.5. The lowest BCUT2D eigenvalue weighted by molar-refractivity contribution is 0.485. The standard InChI is InChI=1S/C19H17ClN2O/c1-13-5-4-6-16(21)19(13)22-17-7-2-3-8-18(17)23-15-11-9-14(20)10-12-15/h2-12,22H,21H2,1H3. The highest BCUT2D eigenvalue weighted by Crippen LogP contribution is 2.34. The molecule has 0 saturated carbocycles. The minimum atomic E-state index is 0.677. The van der Waals surface area contributed by atoms with Crippen LogP contribution in [-0.2, 0) is 0 Å². The van der Waals surface area contributed by atoms with Gasteiger partial charge in [-0.1, -0.05) is 35.9 Å². The predicted octanol–water partition coefficient (Wildman–Crippen LogP) is 5.77. The molecule has 0 aliphatic rings. The number of nitrogen functional groups attached to an aromatic ring is 1. The van der Waals surface area contributed by atoms with Gasteiger partial charge in [0.2, 0.25) is 0 Å². The Bertz CT molecular complexity index is 796. The molecule has 0 fully saturated rings. The van der Waals surface area contributed by atoms with E-state index < -0.39 is 0 Å². The van der Waals surface area contributed by atoms with Crippen LogP contribution in [0, 0.1) is 6.92 Å². The Balaban J connectivity index is 1.90. The number of aryl methyl sites for hydroxylation is 1. The molecule has 4 heteroatoms. The van der Waals surface area contributed by atoms with E-state index in [9.17, 15) is 0 Å². The first-order valence-corrected chi connectivity index (χ1v) is 7.66. The van der Waals surface area contributed by atoms with E-state index in [0.717, 1.165) is 28.4 Å². The Kier molecular flexibility index (Phi) is 4.40. The molecule has 23 heavy (non-hydrogen) atoms. The molecule has 0 unspecified atom stereocenters. The molecule has 3 aromatic rings. The van der Waals surface area contributed by atoms with Crippen LogP contribution in [0.25, 0.3) is 0 Å². The summed E-state index contributed by atoms with van der Waals surface area (Å²) in [6.07, 6.45) is 0. The van der Waals surface area contributed by atoms with Gasteiger partial charge in [-0.25, -0.2) is 0 Å². The number of anilines is 3. The maximum atomic E-state index is 6.07. The molecule has 0 amide bonds. The number of nitrogens with two attached hydrogens (primary N) is 1. The highest BCUT2D eigenvalue weighted by Gasteiger charge is 2.08. The average molecular weight is 325 g/mol. The SMILES string of the molecule is Cc1cccc(N)c1Nc1ccccc1Oc1ccc(Cl)cc1. The van der Waals surface area contributed by atoms with Crippen molar-refractivity contribution < 1.29 is 4.74 Å². The molecule has 0 bridgehead atoms. The van der Waals surface area contributed by atoms with Gasteiger partial charge in [0.15, 0.2) is 5.75 Å². The van der Waals surface area contributed by atoms with Crippen molar-refractivity contribution in [1.82, 2.24) is 0 Å². The van der Waals surface area contributed by atoms with Crippen LogP contribution in [0.15, 0.2) is 66.7 Å². The normalized spacial score (nSPS) is 10.3. The summed E-state index contributed by atoms with van der Waals surface area (Å²) in [7, 11) is 0. The number of nitrogens with one attached hydrogen (secondary N) is 1. The molecular formula is C19H17ClN2O. The molecule has 0 spiro atoms. The Labute approximate surface area is 140 Å². The van der Waals surface area contributed by atoms with Crippen molar-refractivity contribution >= 4 is 28.7 Å².